The summed E-state index contributed by atoms with van der Waals surface area (Å²) in [7, 11) is 0. The largest absolute Gasteiger partial charge is 0.365 e. The van der Waals surface area contributed by atoms with Gasteiger partial charge in [-0.2, -0.15) is 0 Å². The highest BCUT2D eigenvalue weighted by Crippen LogP contribution is 2.41. The Morgan fingerprint density at radius 2 is 1.93 bits per heavy atom. The molecule has 0 atom stereocenters. The molecule has 1 aliphatic carbocycles. The molecule has 1 aromatic heterocycles. The Hall–Kier alpha value is -1.92. The van der Waals surface area contributed by atoms with Gasteiger partial charge in [0.05, 0.1) is 21.6 Å². The van der Waals surface area contributed by atoms with E-state index >= 15 is 4.39 Å². The Bertz CT molecular complexity index is 992. The van der Waals surface area contributed by atoms with E-state index in [9.17, 15) is 9.59 Å². The fraction of sp³-hybridized carbons (Fsp3) is 0.524. The Labute approximate surface area is 168 Å². The van der Waals surface area contributed by atoms with Crippen LogP contribution in [0, 0.1) is 12.7 Å². The summed E-state index contributed by atoms with van der Waals surface area (Å²) in [5.74, 6) is -0.219. The number of ketones is 1. The van der Waals surface area contributed by atoms with Crippen molar-refractivity contribution in [2.75, 3.05) is 37.6 Å². The number of nitrogens with zero attached hydrogens (tertiary/aromatic N) is 3. The number of anilines is 1. The first-order valence-electron chi connectivity index (χ1n) is 9.87. The van der Waals surface area contributed by atoms with Gasteiger partial charge in [-0.3, -0.25) is 14.5 Å². The molecule has 0 spiro atoms. The third-order valence-corrected chi connectivity index (χ3v) is 6.06. The lowest BCUT2D eigenvalue weighted by molar-refractivity contribution is -0.117. The predicted octanol–water partition coefficient (Wildman–Crippen LogP) is 3.54. The molecule has 28 heavy (non-hydrogen) atoms. The number of benzene rings is 1. The van der Waals surface area contributed by atoms with Gasteiger partial charge < -0.3 is 9.47 Å². The van der Waals surface area contributed by atoms with Crippen molar-refractivity contribution in [1.29, 1.82) is 0 Å². The fourth-order valence-corrected chi connectivity index (χ4v) is 4.32. The van der Waals surface area contributed by atoms with Gasteiger partial charge in [0.25, 0.3) is 0 Å². The minimum atomic E-state index is -0.399. The molecule has 150 valence electrons. The quantitative estimate of drug-likeness (QED) is 0.763. The van der Waals surface area contributed by atoms with Crippen LogP contribution in [0.4, 0.5) is 10.1 Å². The van der Waals surface area contributed by atoms with E-state index in [1.54, 1.807) is 26.1 Å². The van der Waals surface area contributed by atoms with Gasteiger partial charge in [-0.05, 0) is 32.8 Å². The summed E-state index contributed by atoms with van der Waals surface area (Å²) in [5, 5.41) is 0.644. The zero-order valence-corrected chi connectivity index (χ0v) is 17.1. The van der Waals surface area contributed by atoms with E-state index in [0.717, 1.165) is 32.5 Å². The molecule has 0 unspecified atom stereocenters. The monoisotopic (exact) mass is 405 g/mol. The second-order valence-electron chi connectivity index (χ2n) is 7.98. The lowest BCUT2D eigenvalue weighted by atomic mass is 10.1. The number of hydrogen-bond acceptors (Lipinski definition) is 4. The minimum absolute atomic E-state index is 0.159. The maximum Gasteiger partial charge on any atom is 0.192 e. The van der Waals surface area contributed by atoms with Crippen molar-refractivity contribution in [2.45, 2.75) is 39.2 Å². The summed E-state index contributed by atoms with van der Waals surface area (Å²) < 4.78 is 17.6. The third-order valence-electron chi connectivity index (χ3n) is 5.77. The van der Waals surface area contributed by atoms with Gasteiger partial charge in [0.15, 0.2) is 11.2 Å². The summed E-state index contributed by atoms with van der Waals surface area (Å²) in [5.41, 5.74) is 1.21. The highest BCUT2D eigenvalue weighted by molar-refractivity contribution is 6.34. The number of hydrogen-bond donors (Lipinski definition) is 0. The van der Waals surface area contributed by atoms with Crippen molar-refractivity contribution < 1.29 is 9.18 Å². The number of aryl methyl sites for hydroxylation is 1. The number of carbonyl (C=O) groups is 1. The van der Waals surface area contributed by atoms with Gasteiger partial charge in [0.1, 0.15) is 5.78 Å². The molecule has 1 saturated carbocycles. The molecular formula is C21H25ClFN3O2. The zero-order chi connectivity index (χ0) is 20.0. The molecule has 2 aromatic rings. The van der Waals surface area contributed by atoms with Gasteiger partial charge >= 0.3 is 0 Å². The van der Waals surface area contributed by atoms with Crippen LogP contribution in [0.15, 0.2) is 17.1 Å². The van der Waals surface area contributed by atoms with Crippen LogP contribution in [0.25, 0.3) is 10.9 Å². The number of pyridine rings is 1. The lowest BCUT2D eigenvalue weighted by Gasteiger charge is -2.36. The summed E-state index contributed by atoms with van der Waals surface area (Å²) in [6, 6.07) is 1.89. The maximum atomic E-state index is 15.7. The topological polar surface area (TPSA) is 45.6 Å². The van der Waals surface area contributed by atoms with Crippen molar-refractivity contribution in [3.63, 3.8) is 0 Å². The van der Waals surface area contributed by atoms with E-state index in [-0.39, 0.29) is 22.3 Å². The van der Waals surface area contributed by atoms with Gasteiger partial charge in [-0.25, -0.2) is 4.39 Å². The van der Waals surface area contributed by atoms with Crippen molar-refractivity contribution in [3.8, 4) is 0 Å². The Balaban J connectivity index is 1.69. The number of carbonyl (C=O) groups excluding carboxylic acids is 1. The molecule has 2 aliphatic rings. The number of fused-ring (bicyclic) bond motifs is 1. The van der Waals surface area contributed by atoms with Gasteiger partial charge in [-0.1, -0.05) is 11.6 Å². The SMILES string of the molecule is CC(=O)CCN1CCN(c2c(Cl)cc3c(=O)c(C)cn(C4CC4)c3c2F)CC1. The first kappa shape index (κ1) is 19.4. The smallest absolute Gasteiger partial charge is 0.192 e. The van der Waals surface area contributed by atoms with Crippen LogP contribution in [0.5, 0.6) is 0 Å². The van der Waals surface area contributed by atoms with E-state index in [4.69, 9.17) is 11.6 Å². The molecule has 2 heterocycles. The van der Waals surface area contributed by atoms with Crippen LogP contribution < -0.4 is 10.3 Å². The lowest BCUT2D eigenvalue weighted by Crippen LogP contribution is -2.47. The zero-order valence-electron chi connectivity index (χ0n) is 16.3. The molecular weight excluding hydrogens is 381 g/mol. The van der Waals surface area contributed by atoms with Crippen LogP contribution >= 0.6 is 11.6 Å². The first-order chi connectivity index (χ1) is 13.4. The molecule has 0 N–H and O–H groups in total. The van der Waals surface area contributed by atoms with E-state index in [2.05, 4.69) is 4.90 Å². The molecule has 7 heteroatoms. The minimum Gasteiger partial charge on any atom is -0.365 e. The van der Waals surface area contributed by atoms with E-state index < -0.39 is 5.82 Å². The van der Waals surface area contributed by atoms with Gasteiger partial charge in [-0.15, -0.1) is 0 Å². The van der Waals surface area contributed by atoms with Crippen molar-refractivity contribution in [3.05, 3.63) is 38.9 Å². The highest BCUT2D eigenvalue weighted by Gasteiger charge is 2.30. The average molecular weight is 406 g/mol. The van der Waals surface area contributed by atoms with Crippen LogP contribution in [0.3, 0.4) is 0 Å². The second-order valence-corrected chi connectivity index (χ2v) is 8.38. The Morgan fingerprint density at radius 3 is 2.54 bits per heavy atom. The number of halogens is 2. The van der Waals surface area contributed by atoms with Crippen LogP contribution in [-0.4, -0.2) is 48.0 Å². The molecule has 0 bridgehead atoms. The van der Waals surface area contributed by atoms with Gasteiger partial charge in [0.2, 0.25) is 0 Å². The van der Waals surface area contributed by atoms with E-state index in [1.807, 2.05) is 9.47 Å². The van der Waals surface area contributed by atoms with Crippen molar-refractivity contribution >= 4 is 34.0 Å². The number of Topliss-reactive ketones (excluding diaryl/α,β-unsaturated/α-hetero) is 1. The fourth-order valence-electron chi connectivity index (χ4n) is 4.01. The molecule has 0 amide bonds. The molecule has 1 saturated heterocycles. The maximum absolute atomic E-state index is 15.7. The average Bonchev–Trinajstić information content (AvgIpc) is 3.49. The molecule has 5 nitrogen and oxygen atoms in total. The molecule has 0 radical (unpaired) electrons. The number of piperazine rings is 1. The summed E-state index contributed by atoms with van der Waals surface area (Å²) in [6.45, 7) is 6.88. The van der Waals surface area contributed by atoms with Crippen molar-refractivity contribution in [2.24, 2.45) is 0 Å². The first-order valence-corrected chi connectivity index (χ1v) is 10.2. The van der Waals surface area contributed by atoms with E-state index in [1.165, 1.54) is 0 Å². The van der Waals surface area contributed by atoms with E-state index in [0.29, 0.717) is 41.7 Å². The number of aromatic nitrogens is 1. The van der Waals surface area contributed by atoms with Gasteiger partial charge in [0, 0.05) is 56.9 Å². The van der Waals surface area contributed by atoms with Crippen LogP contribution in [-0.2, 0) is 4.79 Å². The molecule has 1 aromatic carbocycles. The van der Waals surface area contributed by atoms with Crippen LogP contribution in [0.2, 0.25) is 5.02 Å². The number of rotatable bonds is 5. The normalized spacial score (nSPS) is 18.1. The Morgan fingerprint density at radius 1 is 1.25 bits per heavy atom. The summed E-state index contributed by atoms with van der Waals surface area (Å²) in [6.07, 6.45) is 4.33. The molecule has 1 aliphatic heterocycles. The van der Waals surface area contributed by atoms with Crippen molar-refractivity contribution in [1.82, 2.24) is 9.47 Å². The third kappa shape index (κ3) is 3.55. The standard InChI is InChI=1S/C21H25ClFN3O2/c1-13-12-26(15-3-4-15)19-16(21(13)28)11-17(22)20(18(19)23)25-9-7-24(8-10-25)6-5-14(2)27/h11-12,15H,3-10H2,1-2H3. The Kier molecular flexibility index (Phi) is 5.19. The summed E-state index contributed by atoms with van der Waals surface area (Å²) >= 11 is 6.46. The predicted molar refractivity (Wildman–Crippen MR) is 110 cm³/mol. The molecule has 2 fully saturated rings. The van der Waals surface area contributed by atoms with Crippen LogP contribution in [0.1, 0.15) is 37.8 Å². The highest BCUT2D eigenvalue weighted by atomic mass is 35.5. The second kappa shape index (κ2) is 7.48. The summed E-state index contributed by atoms with van der Waals surface area (Å²) in [4.78, 5) is 28.0. The molecule has 4 rings (SSSR count).